The van der Waals surface area contributed by atoms with Crippen molar-refractivity contribution in [2.45, 2.75) is 18.9 Å². The minimum Gasteiger partial charge on any atom is -0.490 e. The number of para-hydroxylation sites is 1. The fourth-order valence-corrected chi connectivity index (χ4v) is 2.48. The number of ether oxygens (including phenoxy) is 1. The van der Waals surface area contributed by atoms with Gasteiger partial charge in [0, 0.05) is 32.1 Å². The molecule has 0 saturated carbocycles. The fourth-order valence-electron chi connectivity index (χ4n) is 2.34. The summed E-state index contributed by atoms with van der Waals surface area (Å²) in [5.74, 6) is 1.64. The molecule has 3 rings (SSSR count). The molecular formula is C15H16ClN3O. The van der Waals surface area contributed by atoms with E-state index in [0.717, 1.165) is 31.7 Å². The second-order valence-corrected chi connectivity index (χ2v) is 5.18. The molecule has 2 aromatic rings. The third-order valence-electron chi connectivity index (χ3n) is 3.38. The maximum absolute atomic E-state index is 5.97. The van der Waals surface area contributed by atoms with Gasteiger partial charge in [-0.05, 0) is 18.2 Å². The molecule has 1 aromatic carbocycles. The zero-order chi connectivity index (χ0) is 13.8. The van der Waals surface area contributed by atoms with Gasteiger partial charge in [0.05, 0.1) is 0 Å². The summed E-state index contributed by atoms with van der Waals surface area (Å²) in [5, 5.41) is 0.484. The SMILES string of the molecule is Clc1ccnc(N2CCC(Oc3ccccc3)CC2)n1. The van der Waals surface area contributed by atoms with Crippen LogP contribution >= 0.6 is 11.6 Å². The molecule has 4 nitrogen and oxygen atoms in total. The highest BCUT2D eigenvalue weighted by molar-refractivity contribution is 6.29. The molecule has 1 aliphatic heterocycles. The fraction of sp³-hybridized carbons (Fsp3) is 0.333. The highest BCUT2D eigenvalue weighted by Crippen LogP contribution is 2.21. The Morgan fingerprint density at radius 2 is 1.85 bits per heavy atom. The number of hydrogen-bond acceptors (Lipinski definition) is 4. The van der Waals surface area contributed by atoms with Crippen molar-refractivity contribution in [3.8, 4) is 5.75 Å². The molecule has 0 bridgehead atoms. The molecule has 0 atom stereocenters. The lowest BCUT2D eigenvalue weighted by atomic mass is 10.1. The largest absolute Gasteiger partial charge is 0.490 e. The van der Waals surface area contributed by atoms with Crippen molar-refractivity contribution in [1.82, 2.24) is 9.97 Å². The summed E-state index contributed by atoms with van der Waals surface area (Å²) in [5.41, 5.74) is 0. The highest BCUT2D eigenvalue weighted by Gasteiger charge is 2.22. The second-order valence-electron chi connectivity index (χ2n) is 4.80. The van der Waals surface area contributed by atoms with Gasteiger partial charge in [-0.3, -0.25) is 0 Å². The van der Waals surface area contributed by atoms with Gasteiger partial charge in [0.2, 0.25) is 5.95 Å². The van der Waals surface area contributed by atoms with Crippen LogP contribution in [0.5, 0.6) is 5.75 Å². The molecule has 1 aromatic heterocycles. The number of anilines is 1. The first-order chi connectivity index (χ1) is 9.81. The van der Waals surface area contributed by atoms with Crippen molar-refractivity contribution in [2.75, 3.05) is 18.0 Å². The van der Waals surface area contributed by atoms with E-state index in [1.807, 2.05) is 30.3 Å². The van der Waals surface area contributed by atoms with Gasteiger partial charge in [0.15, 0.2) is 0 Å². The second kappa shape index (κ2) is 6.09. The summed E-state index contributed by atoms with van der Waals surface area (Å²) in [4.78, 5) is 10.7. The Morgan fingerprint density at radius 3 is 2.55 bits per heavy atom. The number of benzene rings is 1. The van der Waals surface area contributed by atoms with Crippen LogP contribution in [0.15, 0.2) is 42.6 Å². The monoisotopic (exact) mass is 289 g/mol. The molecule has 104 valence electrons. The number of nitrogens with zero attached hydrogens (tertiary/aromatic N) is 3. The van der Waals surface area contributed by atoms with Crippen molar-refractivity contribution >= 4 is 17.5 Å². The molecular weight excluding hydrogens is 274 g/mol. The Labute approximate surface area is 123 Å². The van der Waals surface area contributed by atoms with E-state index in [1.165, 1.54) is 0 Å². The number of aromatic nitrogens is 2. The molecule has 1 saturated heterocycles. The molecule has 2 heterocycles. The highest BCUT2D eigenvalue weighted by atomic mass is 35.5. The van der Waals surface area contributed by atoms with Gasteiger partial charge in [-0.2, -0.15) is 0 Å². The summed E-state index contributed by atoms with van der Waals surface area (Å²) in [7, 11) is 0. The van der Waals surface area contributed by atoms with E-state index < -0.39 is 0 Å². The standard InChI is InChI=1S/C15H16ClN3O/c16-14-6-9-17-15(18-14)19-10-7-13(8-11-19)20-12-4-2-1-3-5-12/h1-6,9,13H,7-8,10-11H2. The van der Waals surface area contributed by atoms with E-state index in [0.29, 0.717) is 11.1 Å². The lowest BCUT2D eigenvalue weighted by Gasteiger charge is -2.32. The summed E-state index contributed by atoms with van der Waals surface area (Å²) in [6.07, 6.45) is 3.88. The van der Waals surface area contributed by atoms with Gasteiger partial charge in [0.25, 0.3) is 0 Å². The van der Waals surface area contributed by atoms with Gasteiger partial charge in [-0.1, -0.05) is 29.8 Å². The van der Waals surface area contributed by atoms with Gasteiger partial charge in [-0.15, -0.1) is 0 Å². The third-order valence-corrected chi connectivity index (χ3v) is 3.59. The minimum absolute atomic E-state index is 0.257. The molecule has 0 radical (unpaired) electrons. The number of piperidine rings is 1. The van der Waals surface area contributed by atoms with Crippen LogP contribution in [0.25, 0.3) is 0 Å². The maximum atomic E-state index is 5.97. The number of halogens is 1. The van der Waals surface area contributed by atoms with Crippen LogP contribution < -0.4 is 9.64 Å². The van der Waals surface area contributed by atoms with Crippen LogP contribution in [0.1, 0.15) is 12.8 Å². The quantitative estimate of drug-likeness (QED) is 0.814. The van der Waals surface area contributed by atoms with Crippen LogP contribution in [-0.2, 0) is 0 Å². The smallest absolute Gasteiger partial charge is 0.226 e. The van der Waals surface area contributed by atoms with Gasteiger partial charge in [-0.25, -0.2) is 9.97 Å². The molecule has 5 heteroatoms. The lowest BCUT2D eigenvalue weighted by molar-refractivity contribution is 0.170. The Balaban J connectivity index is 1.57. The summed E-state index contributed by atoms with van der Waals surface area (Å²) in [6.45, 7) is 1.77. The Morgan fingerprint density at radius 1 is 1.10 bits per heavy atom. The summed E-state index contributed by atoms with van der Waals surface area (Å²) >= 11 is 5.90. The Kier molecular flexibility index (Phi) is 4.02. The molecule has 0 aliphatic carbocycles. The zero-order valence-corrected chi connectivity index (χ0v) is 11.8. The van der Waals surface area contributed by atoms with Crippen molar-refractivity contribution in [1.29, 1.82) is 0 Å². The normalized spacial score (nSPS) is 16.1. The van der Waals surface area contributed by atoms with E-state index in [9.17, 15) is 0 Å². The van der Waals surface area contributed by atoms with Crippen molar-refractivity contribution in [3.63, 3.8) is 0 Å². The Hall–Kier alpha value is -1.81. The minimum atomic E-state index is 0.257. The molecule has 20 heavy (non-hydrogen) atoms. The molecule has 1 fully saturated rings. The average molecular weight is 290 g/mol. The first kappa shape index (κ1) is 13.2. The number of hydrogen-bond donors (Lipinski definition) is 0. The van der Waals surface area contributed by atoms with E-state index in [2.05, 4.69) is 14.9 Å². The molecule has 0 unspecified atom stereocenters. The van der Waals surface area contributed by atoms with Crippen LogP contribution in [0, 0.1) is 0 Å². The predicted octanol–water partition coefficient (Wildman–Crippen LogP) is 3.18. The van der Waals surface area contributed by atoms with Crippen molar-refractivity contribution in [3.05, 3.63) is 47.7 Å². The molecule has 1 aliphatic rings. The van der Waals surface area contributed by atoms with Crippen LogP contribution in [0.3, 0.4) is 0 Å². The van der Waals surface area contributed by atoms with Gasteiger partial charge >= 0.3 is 0 Å². The van der Waals surface area contributed by atoms with Gasteiger partial charge in [0.1, 0.15) is 17.0 Å². The first-order valence-electron chi connectivity index (χ1n) is 6.76. The lowest BCUT2D eigenvalue weighted by Crippen LogP contribution is -2.39. The van der Waals surface area contributed by atoms with Crippen LogP contribution in [0.4, 0.5) is 5.95 Å². The topological polar surface area (TPSA) is 38.2 Å². The van der Waals surface area contributed by atoms with E-state index in [4.69, 9.17) is 16.3 Å². The first-order valence-corrected chi connectivity index (χ1v) is 7.14. The van der Waals surface area contributed by atoms with E-state index >= 15 is 0 Å². The number of rotatable bonds is 3. The molecule has 0 N–H and O–H groups in total. The summed E-state index contributed by atoms with van der Waals surface area (Å²) in [6, 6.07) is 11.6. The van der Waals surface area contributed by atoms with Crippen LogP contribution in [-0.4, -0.2) is 29.2 Å². The van der Waals surface area contributed by atoms with Crippen molar-refractivity contribution < 1.29 is 4.74 Å². The Bertz CT molecular complexity index is 556. The van der Waals surface area contributed by atoms with E-state index in [1.54, 1.807) is 12.3 Å². The predicted molar refractivity (Wildman–Crippen MR) is 79.3 cm³/mol. The molecule has 0 amide bonds. The summed E-state index contributed by atoms with van der Waals surface area (Å²) < 4.78 is 5.97. The van der Waals surface area contributed by atoms with Gasteiger partial charge < -0.3 is 9.64 Å². The van der Waals surface area contributed by atoms with Crippen molar-refractivity contribution in [2.24, 2.45) is 0 Å². The van der Waals surface area contributed by atoms with E-state index in [-0.39, 0.29) is 6.10 Å². The zero-order valence-electron chi connectivity index (χ0n) is 11.1. The maximum Gasteiger partial charge on any atom is 0.226 e. The van der Waals surface area contributed by atoms with Crippen LogP contribution in [0.2, 0.25) is 5.15 Å². The third kappa shape index (κ3) is 3.20. The average Bonchev–Trinajstić information content (AvgIpc) is 2.49. The molecule has 0 spiro atoms.